The summed E-state index contributed by atoms with van der Waals surface area (Å²) in [4.78, 5) is 3.85. The minimum Gasteiger partial charge on any atom is -0.373 e. The second-order valence-corrected chi connectivity index (χ2v) is 5.81. The number of oxime groups is 1. The molecule has 114 valence electrons. The SMILES string of the molecule is FC(F)(F)[C@@]1(c2ccccc2)ON=C(c2ccccc2)[C@H]1Br. The van der Waals surface area contributed by atoms with Crippen molar-refractivity contribution < 1.29 is 18.0 Å². The highest BCUT2D eigenvalue weighted by atomic mass is 79.9. The first-order valence-electron chi connectivity index (χ1n) is 6.54. The van der Waals surface area contributed by atoms with Gasteiger partial charge in [0.15, 0.2) is 0 Å². The van der Waals surface area contributed by atoms with E-state index >= 15 is 0 Å². The monoisotopic (exact) mass is 369 g/mol. The van der Waals surface area contributed by atoms with E-state index in [4.69, 9.17) is 4.84 Å². The molecule has 2 aromatic rings. The van der Waals surface area contributed by atoms with Crippen molar-refractivity contribution in [3.63, 3.8) is 0 Å². The molecule has 22 heavy (non-hydrogen) atoms. The molecule has 0 radical (unpaired) electrons. The average molecular weight is 370 g/mol. The zero-order valence-corrected chi connectivity index (χ0v) is 12.8. The summed E-state index contributed by atoms with van der Waals surface area (Å²) in [5, 5.41) is 3.73. The Bertz CT molecular complexity index is 688. The molecule has 6 heteroatoms. The highest BCUT2D eigenvalue weighted by molar-refractivity contribution is 9.10. The molecule has 0 spiro atoms. The van der Waals surface area contributed by atoms with Gasteiger partial charge in [0, 0.05) is 11.1 Å². The van der Waals surface area contributed by atoms with Crippen LogP contribution < -0.4 is 0 Å². The highest BCUT2D eigenvalue weighted by Gasteiger charge is 2.67. The molecule has 3 rings (SSSR count). The molecule has 0 saturated heterocycles. The molecule has 0 aliphatic carbocycles. The van der Waals surface area contributed by atoms with Crippen LogP contribution in [-0.4, -0.2) is 16.7 Å². The van der Waals surface area contributed by atoms with Crippen LogP contribution in [0.25, 0.3) is 0 Å². The van der Waals surface area contributed by atoms with Gasteiger partial charge < -0.3 is 4.84 Å². The third-order valence-electron chi connectivity index (χ3n) is 3.58. The zero-order valence-electron chi connectivity index (χ0n) is 11.2. The number of halogens is 4. The van der Waals surface area contributed by atoms with E-state index in [1.54, 1.807) is 48.5 Å². The van der Waals surface area contributed by atoms with Crippen molar-refractivity contribution >= 4 is 21.6 Å². The van der Waals surface area contributed by atoms with E-state index in [0.29, 0.717) is 5.56 Å². The second kappa shape index (κ2) is 5.43. The van der Waals surface area contributed by atoms with Crippen molar-refractivity contribution in [3.8, 4) is 0 Å². The summed E-state index contributed by atoms with van der Waals surface area (Å²) in [7, 11) is 0. The van der Waals surface area contributed by atoms with Crippen LogP contribution in [0.5, 0.6) is 0 Å². The van der Waals surface area contributed by atoms with Gasteiger partial charge in [-0.3, -0.25) is 0 Å². The summed E-state index contributed by atoms with van der Waals surface area (Å²) in [5.74, 6) is 0. The van der Waals surface area contributed by atoms with E-state index in [0.717, 1.165) is 0 Å². The maximum absolute atomic E-state index is 13.8. The van der Waals surface area contributed by atoms with Gasteiger partial charge in [0.2, 0.25) is 0 Å². The molecule has 0 aromatic heterocycles. The summed E-state index contributed by atoms with van der Waals surface area (Å²) in [6, 6.07) is 16.2. The largest absolute Gasteiger partial charge is 0.436 e. The third-order valence-corrected chi connectivity index (χ3v) is 4.66. The number of benzene rings is 2. The quantitative estimate of drug-likeness (QED) is 0.706. The Labute approximate surface area is 133 Å². The molecule has 0 N–H and O–H groups in total. The van der Waals surface area contributed by atoms with Gasteiger partial charge in [0.05, 0.1) is 0 Å². The number of alkyl halides is 4. The predicted molar refractivity (Wildman–Crippen MR) is 81.0 cm³/mol. The number of hydrogen-bond acceptors (Lipinski definition) is 2. The number of rotatable bonds is 2. The van der Waals surface area contributed by atoms with Gasteiger partial charge in [-0.2, -0.15) is 13.2 Å². The summed E-state index contributed by atoms with van der Waals surface area (Å²) in [6.07, 6.45) is -4.62. The van der Waals surface area contributed by atoms with E-state index in [2.05, 4.69) is 21.1 Å². The van der Waals surface area contributed by atoms with Gasteiger partial charge in [-0.05, 0) is 0 Å². The van der Waals surface area contributed by atoms with Gasteiger partial charge in [-0.15, -0.1) is 0 Å². The molecule has 2 aromatic carbocycles. The summed E-state index contributed by atoms with van der Waals surface area (Å²) < 4.78 is 41.4. The topological polar surface area (TPSA) is 21.6 Å². The highest BCUT2D eigenvalue weighted by Crippen LogP contribution is 2.51. The van der Waals surface area contributed by atoms with Gasteiger partial charge in [-0.1, -0.05) is 81.7 Å². The lowest BCUT2D eigenvalue weighted by Crippen LogP contribution is -2.50. The molecule has 0 unspecified atom stereocenters. The lowest BCUT2D eigenvalue weighted by molar-refractivity contribution is -0.273. The molecule has 1 aliphatic rings. The van der Waals surface area contributed by atoms with E-state index < -0.39 is 16.6 Å². The van der Waals surface area contributed by atoms with Crippen LogP contribution in [0.1, 0.15) is 11.1 Å². The fourth-order valence-electron chi connectivity index (χ4n) is 2.46. The van der Waals surface area contributed by atoms with Crippen LogP contribution in [0.15, 0.2) is 65.8 Å². The van der Waals surface area contributed by atoms with Crippen LogP contribution in [0.3, 0.4) is 0 Å². The predicted octanol–water partition coefficient (Wildman–Crippen LogP) is 4.64. The van der Waals surface area contributed by atoms with Crippen LogP contribution in [0, 0.1) is 0 Å². The summed E-state index contributed by atoms with van der Waals surface area (Å²) in [5.41, 5.74) is -1.70. The summed E-state index contributed by atoms with van der Waals surface area (Å²) >= 11 is 3.16. The Morgan fingerprint density at radius 3 is 2.05 bits per heavy atom. The third kappa shape index (κ3) is 2.22. The Morgan fingerprint density at radius 1 is 0.955 bits per heavy atom. The van der Waals surface area contributed by atoms with Gasteiger partial charge in [-0.25, -0.2) is 0 Å². The van der Waals surface area contributed by atoms with Crippen LogP contribution in [0.4, 0.5) is 13.2 Å². The smallest absolute Gasteiger partial charge is 0.373 e. The molecule has 0 saturated carbocycles. The molecular formula is C16H11BrF3NO. The molecule has 0 bridgehead atoms. The number of nitrogens with zero attached hydrogens (tertiary/aromatic N) is 1. The van der Waals surface area contributed by atoms with Crippen LogP contribution >= 0.6 is 15.9 Å². The van der Waals surface area contributed by atoms with Crippen molar-refractivity contribution in [1.82, 2.24) is 0 Å². The van der Waals surface area contributed by atoms with Crippen molar-refractivity contribution in [3.05, 3.63) is 71.8 Å². The minimum absolute atomic E-state index is 0.0130. The van der Waals surface area contributed by atoms with E-state index in [9.17, 15) is 13.2 Å². The summed E-state index contributed by atoms with van der Waals surface area (Å²) in [6.45, 7) is 0. The lowest BCUT2D eigenvalue weighted by Gasteiger charge is -2.32. The Kier molecular flexibility index (Phi) is 3.72. The molecule has 1 heterocycles. The standard InChI is InChI=1S/C16H11BrF3NO/c17-14-13(11-7-3-1-4-8-11)21-22-15(14,16(18,19)20)12-9-5-2-6-10-12/h1-10,14H/t14-,15+/m1/s1. The first-order valence-corrected chi connectivity index (χ1v) is 7.46. The molecule has 2 atom stereocenters. The van der Waals surface area contributed by atoms with Crippen molar-refractivity contribution in [2.45, 2.75) is 16.6 Å². The van der Waals surface area contributed by atoms with Crippen molar-refractivity contribution in [2.75, 3.05) is 0 Å². The van der Waals surface area contributed by atoms with Crippen LogP contribution in [0.2, 0.25) is 0 Å². The van der Waals surface area contributed by atoms with Crippen molar-refractivity contribution in [2.24, 2.45) is 5.16 Å². The fraction of sp³-hybridized carbons (Fsp3) is 0.188. The maximum atomic E-state index is 13.8. The Balaban J connectivity index is 2.09. The second-order valence-electron chi connectivity index (χ2n) is 4.90. The molecule has 1 aliphatic heterocycles. The number of hydrogen-bond donors (Lipinski definition) is 0. The molecular weight excluding hydrogens is 359 g/mol. The van der Waals surface area contributed by atoms with Gasteiger partial charge >= 0.3 is 6.18 Å². The van der Waals surface area contributed by atoms with Gasteiger partial charge in [0.1, 0.15) is 10.5 Å². The van der Waals surface area contributed by atoms with E-state index in [-0.39, 0.29) is 11.3 Å². The average Bonchev–Trinajstić information content (AvgIpc) is 2.87. The molecule has 0 amide bonds. The van der Waals surface area contributed by atoms with E-state index in [1.165, 1.54) is 12.1 Å². The first-order chi connectivity index (χ1) is 10.5. The Hall–Kier alpha value is -1.82. The van der Waals surface area contributed by atoms with Crippen molar-refractivity contribution in [1.29, 1.82) is 0 Å². The Morgan fingerprint density at radius 2 is 1.50 bits per heavy atom. The maximum Gasteiger partial charge on any atom is 0.436 e. The van der Waals surface area contributed by atoms with Gasteiger partial charge in [0.25, 0.3) is 5.60 Å². The van der Waals surface area contributed by atoms with E-state index in [1.807, 2.05) is 0 Å². The molecule has 2 nitrogen and oxygen atoms in total. The zero-order chi connectivity index (χ0) is 15.8. The van der Waals surface area contributed by atoms with Crippen LogP contribution in [-0.2, 0) is 10.4 Å². The first kappa shape index (κ1) is 15.1. The molecule has 0 fully saturated rings. The lowest BCUT2D eigenvalue weighted by atomic mass is 9.86. The minimum atomic E-state index is -4.62. The normalized spacial score (nSPS) is 24.7. The fourth-order valence-corrected chi connectivity index (χ4v) is 3.41.